The lowest BCUT2D eigenvalue weighted by atomic mass is 9.89. The predicted molar refractivity (Wildman–Crippen MR) is 138 cm³/mol. The summed E-state index contributed by atoms with van der Waals surface area (Å²) in [7, 11) is 0. The third kappa shape index (κ3) is 3.05. The van der Waals surface area contributed by atoms with Crippen molar-refractivity contribution in [1.29, 1.82) is 0 Å². The Morgan fingerprint density at radius 3 is 2.10 bits per heavy atom. The molecule has 0 aliphatic heterocycles. The van der Waals surface area contributed by atoms with E-state index in [-0.39, 0.29) is 62.9 Å². The Labute approximate surface area is 199 Å². The van der Waals surface area contributed by atoms with Crippen LogP contribution in [0, 0.1) is 0 Å². The van der Waals surface area contributed by atoms with Crippen molar-refractivity contribution in [1.82, 2.24) is 0 Å². The summed E-state index contributed by atoms with van der Waals surface area (Å²) in [5.41, 5.74) is 2.05. The molecule has 0 saturated heterocycles. The second kappa shape index (κ2) is 7.37. The lowest BCUT2D eigenvalue weighted by Gasteiger charge is -2.16. The van der Waals surface area contributed by atoms with Crippen LogP contribution in [0.4, 0.5) is 0 Å². The molecule has 31 heavy (non-hydrogen) atoms. The summed E-state index contributed by atoms with van der Waals surface area (Å²) < 4.78 is 61.8. The van der Waals surface area contributed by atoms with Crippen LogP contribution in [-0.2, 0) is 0 Å². The van der Waals surface area contributed by atoms with E-state index in [0.717, 1.165) is 10.8 Å². The fourth-order valence-electron chi connectivity index (χ4n) is 4.06. The summed E-state index contributed by atoms with van der Waals surface area (Å²) in [6, 6.07) is 21.3. The van der Waals surface area contributed by atoms with Gasteiger partial charge in [0.1, 0.15) is 0 Å². The summed E-state index contributed by atoms with van der Waals surface area (Å²) in [4.78, 5) is 0. The molecule has 0 aliphatic carbocycles. The molecule has 0 aromatic heterocycles. The summed E-state index contributed by atoms with van der Waals surface area (Å²) in [5, 5.41) is 3.09. The maximum Gasteiger partial charge on any atom is 0.0636 e. The highest BCUT2D eigenvalue weighted by atomic mass is 79.9. The van der Waals surface area contributed by atoms with E-state index in [1.54, 1.807) is 12.1 Å². The minimum atomic E-state index is -0.378. The Morgan fingerprint density at radius 2 is 1.26 bits per heavy atom. The van der Waals surface area contributed by atoms with E-state index in [2.05, 4.69) is 15.9 Å². The minimum absolute atomic E-state index is 0.0327. The average molecular weight is 466 g/mol. The first-order valence-electron chi connectivity index (χ1n) is 13.4. The van der Waals surface area contributed by atoms with Crippen molar-refractivity contribution < 1.29 is 9.60 Å². The molecule has 0 bridgehead atoms. The Bertz CT molecular complexity index is 1950. The quantitative estimate of drug-likeness (QED) is 0.223. The van der Waals surface area contributed by atoms with Gasteiger partial charge in [0.05, 0.1) is 9.60 Å². The van der Waals surface area contributed by atoms with Crippen LogP contribution in [-0.4, -0.2) is 0 Å². The molecule has 0 atom stereocenters. The van der Waals surface area contributed by atoms with Crippen LogP contribution in [0.15, 0.2) is 120 Å². The van der Waals surface area contributed by atoms with E-state index < -0.39 is 0 Å². The second-order valence-corrected chi connectivity index (χ2v) is 8.16. The largest absolute Gasteiger partial charge is 0.0636 e. The van der Waals surface area contributed by atoms with Gasteiger partial charge in [0.25, 0.3) is 0 Å². The Morgan fingerprint density at radius 1 is 0.548 bits per heavy atom. The molecule has 0 amide bonds. The van der Waals surface area contributed by atoms with Gasteiger partial charge in [0.2, 0.25) is 0 Å². The van der Waals surface area contributed by atoms with Gasteiger partial charge in [0.15, 0.2) is 0 Å². The maximum absolute atomic E-state index is 9.34. The van der Waals surface area contributed by atoms with Gasteiger partial charge >= 0.3 is 0 Å². The van der Waals surface area contributed by atoms with Crippen LogP contribution >= 0.6 is 15.9 Å². The van der Waals surface area contributed by atoms with Crippen molar-refractivity contribution in [3.63, 3.8) is 0 Å². The van der Waals surface area contributed by atoms with Gasteiger partial charge in [-0.15, -0.1) is 0 Å². The van der Waals surface area contributed by atoms with E-state index in [9.17, 15) is 1.37 Å². The van der Waals surface area contributed by atoms with Crippen molar-refractivity contribution in [2.24, 2.45) is 0 Å². The summed E-state index contributed by atoms with van der Waals surface area (Å²) in [5.74, 6) is 0. The third-order valence-electron chi connectivity index (χ3n) is 5.54. The summed E-state index contributed by atoms with van der Waals surface area (Å²) >= 11 is 3.54. The molecule has 6 rings (SSSR count). The van der Waals surface area contributed by atoms with Crippen LogP contribution in [0.2, 0.25) is 0 Å². The predicted octanol–water partition coefficient (Wildman–Crippen LogP) is 9.24. The molecule has 0 fully saturated rings. The van der Waals surface area contributed by atoms with Crippen LogP contribution in [0.1, 0.15) is 9.60 Å². The fourth-order valence-corrected chi connectivity index (χ4v) is 4.65. The van der Waals surface area contributed by atoms with Crippen molar-refractivity contribution >= 4 is 48.2 Å². The van der Waals surface area contributed by atoms with Gasteiger partial charge in [-0.05, 0) is 82.6 Å². The molecule has 0 aliphatic rings. The molecular weight excluding hydrogens is 440 g/mol. The molecule has 0 spiro atoms. The summed E-state index contributed by atoms with van der Waals surface area (Å²) in [6.45, 7) is 0. The van der Waals surface area contributed by atoms with E-state index in [1.165, 1.54) is 0 Å². The Balaban J connectivity index is 1.94. The van der Waals surface area contributed by atoms with Crippen molar-refractivity contribution in [2.75, 3.05) is 0 Å². The molecule has 0 nitrogen and oxygen atoms in total. The smallest absolute Gasteiger partial charge is 0.0622 e. The Kier molecular flexibility index (Phi) is 2.96. The van der Waals surface area contributed by atoms with Gasteiger partial charge < -0.3 is 0 Å². The molecule has 0 N–H and O–H groups in total. The highest BCUT2D eigenvalue weighted by molar-refractivity contribution is 9.10. The molecular formula is C30H19Br. The number of fused-ring (bicyclic) bond motifs is 3. The highest BCUT2D eigenvalue weighted by Gasteiger charge is 2.15. The van der Waals surface area contributed by atoms with E-state index in [1.807, 2.05) is 60.7 Å². The van der Waals surface area contributed by atoms with Crippen molar-refractivity contribution in [3.05, 3.63) is 120 Å². The number of hydrogen-bond acceptors (Lipinski definition) is 0. The lowest BCUT2D eigenvalue weighted by molar-refractivity contribution is 1.64. The highest BCUT2D eigenvalue weighted by Crippen LogP contribution is 2.43. The third-order valence-corrected chi connectivity index (χ3v) is 6.33. The molecule has 146 valence electrons. The second-order valence-electron chi connectivity index (χ2n) is 7.37. The molecule has 0 heterocycles. The fraction of sp³-hybridized carbons (Fsp3) is 0. The molecule has 0 radical (unpaired) electrons. The first kappa shape index (κ1) is 12.4. The summed E-state index contributed by atoms with van der Waals surface area (Å²) in [6.07, 6.45) is 0. The van der Waals surface area contributed by atoms with Crippen LogP contribution in [0.25, 0.3) is 54.6 Å². The number of halogens is 1. The van der Waals surface area contributed by atoms with Crippen molar-refractivity contribution in [3.8, 4) is 22.3 Å². The molecule has 6 aromatic carbocycles. The van der Waals surface area contributed by atoms with Gasteiger partial charge in [-0.3, -0.25) is 0 Å². The number of benzene rings is 6. The van der Waals surface area contributed by atoms with Gasteiger partial charge in [-0.1, -0.05) is 103 Å². The van der Waals surface area contributed by atoms with E-state index >= 15 is 0 Å². The topological polar surface area (TPSA) is 0 Å². The number of hydrogen-bond donors (Lipinski definition) is 0. The van der Waals surface area contributed by atoms with Gasteiger partial charge in [-0.25, -0.2) is 0 Å². The normalized spacial score (nSPS) is 14.5. The molecule has 6 aromatic rings. The first-order valence-corrected chi connectivity index (χ1v) is 10.7. The SMILES string of the molecule is [2H]c1c([2H])c([2H])c2c(-c3ccc4ccccc4c3)c3c([2H])c(-c4ccccc4)c([2H])c([2H])c3c(Br)c2c1[2H]. The van der Waals surface area contributed by atoms with Crippen LogP contribution in [0.5, 0.6) is 0 Å². The van der Waals surface area contributed by atoms with Crippen LogP contribution in [0.3, 0.4) is 0 Å². The van der Waals surface area contributed by atoms with Gasteiger partial charge in [0, 0.05) is 4.47 Å². The molecule has 1 heteroatoms. The van der Waals surface area contributed by atoms with E-state index in [4.69, 9.17) is 8.22 Å². The Hall–Kier alpha value is -3.42. The zero-order chi connectivity index (χ0) is 26.9. The lowest BCUT2D eigenvalue weighted by Crippen LogP contribution is -1.89. The molecule has 0 saturated carbocycles. The number of rotatable bonds is 2. The maximum atomic E-state index is 9.34. The first-order chi connectivity index (χ1) is 18.2. The van der Waals surface area contributed by atoms with Crippen LogP contribution < -0.4 is 0 Å². The minimum Gasteiger partial charge on any atom is -0.0622 e. The monoisotopic (exact) mass is 465 g/mol. The zero-order valence-corrected chi connectivity index (χ0v) is 17.9. The molecule has 0 unspecified atom stereocenters. The van der Waals surface area contributed by atoms with E-state index in [0.29, 0.717) is 27.6 Å². The zero-order valence-electron chi connectivity index (χ0n) is 23.3. The standard InChI is InChI=1S/C30H19Br/c31-30-26-13-7-6-12-25(26)29(24-15-14-21-10-4-5-11-22(21)18-24)28-19-23(16-17-27(28)30)20-8-2-1-3-9-20/h1-19H/i6D,7D,12D,13D,16D,17D,19D. The van der Waals surface area contributed by atoms with Gasteiger partial charge in [-0.2, -0.15) is 0 Å². The van der Waals surface area contributed by atoms with Crippen molar-refractivity contribution in [2.45, 2.75) is 0 Å². The average Bonchev–Trinajstić information content (AvgIpc) is 2.93.